The van der Waals surface area contributed by atoms with Crippen LogP contribution >= 0.6 is 0 Å². The summed E-state index contributed by atoms with van der Waals surface area (Å²) < 4.78 is 0. The summed E-state index contributed by atoms with van der Waals surface area (Å²) in [6.45, 7) is 2.86. The summed E-state index contributed by atoms with van der Waals surface area (Å²) >= 11 is 0. The largest absolute Gasteiger partial charge is 0.391 e. The van der Waals surface area contributed by atoms with Gasteiger partial charge in [0.15, 0.2) is 0 Å². The maximum Gasteiger partial charge on any atom is 0.222 e. The maximum atomic E-state index is 12.1. The van der Waals surface area contributed by atoms with Gasteiger partial charge in [0, 0.05) is 57.5 Å². The zero-order valence-corrected chi connectivity index (χ0v) is 12.7. The Hall–Kier alpha value is -2.02. The Morgan fingerprint density at radius 1 is 1.41 bits per heavy atom. The Balaban J connectivity index is 1.77. The van der Waals surface area contributed by atoms with E-state index in [1.54, 1.807) is 23.5 Å². The van der Waals surface area contributed by atoms with E-state index < -0.39 is 6.10 Å². The van der Waals surface area contributed by atoms with Crippen LogP contribution in [0.5, 0.6) is 0 Å². The fourth-order valence-electron chi connectivity index (χ4n) is 2.62. The molecule has 2 atom stereocenters. The number of aliphatic hydroxyl groups is 1. The first kappa shape index (κ1) is 16.4. The van der Waals surface area contributed by atoms with Gasteiger partial charge in [0.2, 0.25) is 11.8 Å². The second-order valence-electron chi connectivity index (χ2n) is 5.61. The molecule has 7 heteroatoms. The minimum absolute atomic E-state index is 0.00371. The molecule has 0 aliphatic carbocycles. The Morgan fingerprint density at radius 3 is 2.91 bits per heavy atom. The molecule has 0 bridgehead atoms. The second kappa shape index (κ2) is 7.84. The van der Waals surface area contributed by atoms with Crippen LogP contribution in [0.2, 0.25) is 0 Å². The summed E-state index contributed by atoms with van der Waals surface area (Å²) in [5.74, 6) is -0.0740. The predicted molar refractivity (Wildman–Crippen MR) is 79.7 cm³/mol. The lowest BCUT2D eigenvalue weighted by Gasteiger charge is -2.16. The summed E-state index contributed by atoms with van der Waals surface area (Å²) in [6, 6.07) is 0. The van der Waals surface area contributed by atoms with Crippen LogP contribution in [0.15, 0.2) is 18.6 Å². The highest BCUT2D eigenvalue weighted by molar-refractivity contribution is 5.76. The van der Waals surface area contributed by atoms with E-state index in [0.717, 1.165) is 5.69 Å². The molecule has 0 saturated carbocycles. The van der Waals surface area contributed by atoms with Crippen molar-refractivity contribution in [1.29, 1.82) is 0 Å². The molecule has 0 unspecified atom stereocenters. The molecule has 2 rings (SSSR count). The van der Waals surface area contributed by atoms with Gasteiger partial charge in [-0.2, -0.15) is 0 Å². The van der Waals surface area contributed by atoms with Crippen LogP contribution in [0.1, 0.15) is 25.5 Å². The number of hydrogen-bond acceptors (Lipinski definition) is 5. The molecule has 2 amide bonds. The zero-order chi connectivity index (χ0) is 15.9. The molecule has 0 aromatic carbocycles. The molecule has 1 aliphatic heterocycles. The number of likely N-dealkylation sites (tertiary alicyclic amines) is 1. The molecule has 2 N–H and O–H groups in total. The third-order valence-corrected chi connectivity index (χ3v) is 3.79. The first-order chi connectivity index (χ1) is 10.6. The van der Waals surface area contributed by atoms with Gasteiger partial charge in [-0.15, -0.1) is 0 Å². The van der Waals surface area contributed by atoms with Gasteiger partial charge < -0.3 is 15.3 Å². The molecular weight excluding hydrogens is 284 g/mol. The average Bonchev–Trinajstić information content (AvgIpc) is 2.85. The van der Waals surface area contributed by atoms with Crippen molar-refractivity contribution in [2.45, 2.75) is 32.3 Å². The molecule has 1 aliphatic rings. The molecule has 1 saturated heterocycles. The van der Waals surface area contributed by atoms with Crippen molar-refractivity contribution < 1.29 is 14.7 Å². The summed E-state index contributed by atoms with van der Waals surface area (Å²) in [5, 5.41) is 12.8. The zero-order valence-electron chi connectivity index (χ0n) is 12.7. The lowest BCUT2D eigenvalue weighted by atomic mass is 10.0. The van der Waals surface area contributed by atoms with E-state index in [9.17, 15) is 14.7 Å². The first-order valence-corrected chi connectivity index (χ1v) is 7.51. The van der Waals surface area contributed by atoms with Gasteiger partial charge in [-0.3, -0.25) is 19.6 Å². The van der Waals surface area contributed by atoms with Crippen molar-refractivity contribution in [3.05, 3.63) is 24.3 Å². The monoisotopic (exact) mass is 306 g/mol. The first-order valence-electron chi connectivity index (χ1n) is 7.51. The Labute approximate surface area is 129 Å². The quantitative estimate of drug-likeness (QED) is 0.707. The van der Waals surface area contributed by atoms with Gasteiger partial charge in [-0.1, -0.05) is 0 Å². The van der Waals surface area contributed by atoms with Crippen molar-refractivity contribution in [3.8, 4) is 0 Å². The van der Waals surface area contributed by atoms with Gasteiger partial charge in [0.05, 0.1) is 11.8 Å². The van der Waals surface area contributed by atoms with Crippen LogP contribution in [0, 0.1) is 5.92 Å². The topological polar surface area (TPSA) is 95.4 Å². The number of rotatable bonds is 6. The van der Waals surface area contributed by atoms with Crippen LogP contribution in [0.25, 0.3) is 0 Å². The van der Waals surface area contributed by atoms with Crippen molar-refractivity contribution in [2.24, 2.45) is 5.92 Å². The van der Waals surface area contributed by atoms with Gasteiger partial charge in [-0.25, -0.2) is 0 Å². The van der Waals surface area contributed by atoms with Crippen molar-refractivity contribution in [3.63, 3.8) is 0 Å². The number of amides is 2. The third-order valence-electron chi connectivity index (χ3n) is 3.79. The van der Waals surface area contributed by atoms with Crippen LogP contribution < -0.4 is 5.32 Å². The minimum Gasteiger partial charge on any atom is -0.391 e. The molecule has 0 radical (unpaired) electrons. The van der Waals surface area contributed by atoms with E-state index in [4.69, 9.17) is 0 Å². The Bertz CT molecular complexity index is 509. The summed E-state index contributed by atoms with van der Waals surface area (Å²) in [5.41, 5.74) is 0.825. The van der Waals surface area contributed by atoms with E-state index in [0.29, 0.717) is 38.9 Å². The standard InChI is InChI=1S/C15H22N4O3/c1-11(20)17-4-2-3-15(22)19-9-12(14(21)10-19)7-13-8-16-5-6-18-13/h5-6,8,12,14,21H,2-4,7,9-10H2,1H3,(H,17,20)/t12-,14-/m1/s1. The summed E-state index contributed by atoms with van der Waals surface area (Å²) in [6.07, 6.45) is 6.00. The Kier molecular flexibility index (Phi) is 5.83. The van der Waals surface area contributed by atoms with E-state index in [1.807, 2.05) is 0 Å². The van der Waals surface area contributed by atoms with Gasteiger partial charge in [0.25, 0.3) is 0 Å². The lowest BCUT2D eigenvalue weighted by molar-refractivity contribution is -0.130. The van der Waals surface area contributed by atoms with Gasteiger partial charge >= 0.3 is 0 Å². The number of β-amino-alcohol motifs (C(OH)–C–C–N with tert-alkyl or cyclic N) is 1. The van der Waals surface area contributed by atoms with E-state index in [1.165, 1.54) is 6.92 Å². The summed E-state index contributed by atoms with van der Waals surface area (Å²) in [7, 11) is 0. The van der Waals surface area contributed by atoms with Gasteiger partial charge in [0.1, 0.15) is 0 Å². The molecular formula is C15H22N4O3. The van der Waals surface area contributed by atoms with Crippen LogP contribution in [-0.2, 0) is 16.0 Å². The molecule has 1 aromatic heterocycles. The fourth-order valence-corrected chi connectivity index (χ4v) is 2.62. The number of aliphatic hydroxyl groups excluding tert-OH is 1. The fraction of sp³-hybridized carbons (Fsp3) is 0.600. The highest BCUT2D eigenvalue weighted by atomic mass is 16.3. The summed E-state index contributed by atoms with van der Waals surface area (Å²) in [4.78, 5) is 32.8. The number of carbonyl (C=O) groups excluding carboxylic acids is 2. The molecule has 0 spiro atoms. The SMILES string of the molecule is CC(=O)NCCCC(=O)N1C[C@@H](Cc2cnccn2)[C@H](O)C1. The average molecular weight is 306 g/mol. The highest BCUT2D eigenvalue weighted by Gasteiger charge is 2.33. The molecule has 1 fully saturated rings. The van der Waals surface area contributed by atoms with Crippen molar-refractivity contribution in [2.75, 3.05) is 19.6 Å². The molecule has 22 heavy (non-hydrogen) atoms. The van der Waals surface area contributed by atoms with Crippen LogP contribution in [-0.4, -0.2) is 57.5 Å². The number of aromatic nitrogens is 2. The molecule has 7 nitrogen and oxygen atoms in total. The van der Waals surface area contributed by atoms with E-state index in [2.05, 4.69) is 15.3 Å². The number of hydrogen-bond donors (Lipinski definition) is 2. The van der Waals surface area contributed by atoms with Crippen molar-refractivity contribution >= 4 is 11.8 Å². The Morgan fingerprint density at radius 2 is 2.23 bits per heavy atom. The van der Waals surface area contributed by atoms with Crippen LogP contribution in [0.3, 0.4) is 0 Å². The smallest absolute Gasteiger partial charge is 0.222 e. The predicted octanol–water partition coefficient (Wildman–Crippen LogP) is -0.245. The van der Waals surface area contributed by atoms with Crippen molar-refractivity contribution in [1.82, 2.24) is 20.2 Å². The second-order valence-corrected chi connectivity index (χ2v) is 5.61. The van der Waals surface area contributed by atoms with E-state index >= 15 is 0 Å². The number of carbonyl (C=O) groups is 2. The molecule has 120 valence electrons. The molecule has 2 heterocycles. The third kappa shape index (κ3) is 4.77. The minimum atomic E-state index is -0.527. The normalized spacial score (nSPS) is 20.9. The van der Waals surface area contributed by atoms with Crippen LogP contribution in [0.4, 0.5) is 0 Å². The highest BCUT2D eigenvalue weighted by Crippen LogP contribution is 2.21. The maximum absolute atomic E-state index is 12.1. The number of nitrogens with one attached hydrogen (secondary N) is 1. The van der Waals surface area contributed by atoms with E-state index in [-0.39, 0.29) is 17.7 Å². The van der Waals surface area contributed by atoms with Gasteiger partial charge in [-0.05, 0) is 12.8 Å². The molecule has 1 aromatic rings. The number of nitrogens with zero attached hydrogens (tertiary/aromatic N) is 3. The lowest BCUT2D eigenvalue weighted by Crippen LogP contribution is -2.30.